The van der Waals surface area contributed by atoms with Gasteiger partial charge in [0.1, 0.15) is 5.75 Å². The summed E-state index contributed by atoms with van der Waals surface area (Å²) in [5.41, 5.74) is 4.14. The van der Waals surface area contributed by atoms with Crippen LogP contribution in [0.1, 0.15) is 41.9 Å². The number of fused-ring (bicyclic) bond motifs is 1. The molecule has 0 unspecified atom stereocenters. The van der Waals surface area contributed by atoms with Crippen molar-refractivity contribution in [1.29, 1.82) is 0 Å². The zero-order chi connectivity index (χ0) is 20.8. The molecule has 29 heavy (non-hydrogen) atoms. The summed E-state index contributed by atoms with van der Waals surface area (Å²) >= 11 is 6.27. The molecular weight excluding hydrogens is 386 g/mol. The van der Waals surface area contributed by atoms with Crippen molar-refractivity contribution in [3.63, 3.8) is 0 Å². The number of nitrogens with zero attached hydrogens (tertiary/aromatic N) is 2. The van der Waals surface area contributed by atoms with Gasteiger partial charge in [-0.05, 0) is 60.7 Å². The Bertz CT molecular complexity index is 1080. The summed E-state index contributed by atoms with van der Waals surface area (Å²) in [5, 5.41) is 8.82. The number of Topliss-reactive ketones (excluding diaryl/α,β-unsaturated/α-hetero) is 1. The molecule has 0 atom stereocenters. The van der Waals surface area contributed by atoms with Crippen molar-refractivity contribution in [2.75, 3.05) is 12.4 Å². The van der Waals surface area contributed by atoms with E-state index >= 15 is 0 Å². The number of methoxy groups -OCH3 is 1. The molecule has 0 saturated heterocycles. The molecule has 2 aromatic carbocycles. The number of hydrogen-bond donors (Lipinski definition) is 1. The molecule has 1 aliphatic rings. The molecular formula is C23H24ClN3O2. The minimum absolute atomic E-state index is 0.109. The average molecular weight is 410 g/mol. The minimum atomic E-state index is -0.114. The fraction of sp³-hybridized carbons (Fsp3) is 0.304. The number of rotatable bonds is 4. The Kier molecular flexibility index (Phi) is 4.87. The molecule has 4 rings (SSSR count). The van der Waals surface area contributed by atoms with Crippen LogP contribution in [-0.4, -0.2) is 22.7 Å². The highest BCUT2D eigenvalue weighted by atomic mass is 35.5. The van der Waals surface area contributed by atoms with Crippen molar-refractivity contribution in [3.05, 3.63) is 64.3 Å². The summed E-state index contributed by atoms with van der Waals surface area (Å²) < 4.78 is 7.14. The van der Waals surface area contributed by atoms with E-state index < -0.39 is 0 Å². The van der Waals surface area contributed by atoms with Crippen molar-refractivity contribution in [2.24, 2.45) is 5.41 Å². The van der Waals surface area contributed by atoms with Crippen molar-refractivity contribution in [2.45, 2.75) is 33.6 Å². The average Bonchev–Trinajstić information content (AvgIpc) is 3.02. The van der Waals surface area contributed by atoms with E-state index in [0.29, 0.717) is 22.8 Å². The van der Waals surface area contributed by atoms with Crippen LogP contribution >= 0.6 is 11.6 Å². The first-order chi connectivity index (χ1) is 13.8. The molecule has 3 aromatic rings. The lowest BCUT2D eigenvalue weighted by molar-refractivity contribution is 0.0912. The van der Waals surface area contributed by atoms with Crippen molar-refractivity contribution < 1.29 is 9.53 Å². The number of halogens is 1. The van der Waals surface area contributed by atoms with Crippen LogP contribution in [0.4, 0.5) is 11.5 Å². The van der Waals surface area contributed by atoms with Crippen LogP contribution in [-0.2, 0) is 6.42 Å². The maximum absolute atomic E-state index is 13.1. The van der Waals surface area contributed by atoms with Crippen LogP contribution in [0.2, 0.25) is 5.02 Å². The van der Waals surface area contributed by atoms with Gasteiger partial charge in [-0.1, -0.05) is 31.5 Å². The predicted molar refractivity (Wildman–Crippen MR) is 116 cm³/mol. The standard InChI is InChI=1S/C23H24ClN3O2/c1-14-17(24)6-5-7-18(14)25-22-21-19(12-23(2,3)13-20(21)28)27(26-22)15-8-10-16(29-4)11-9-15/h5-11H,12-13H2,1-4H3,(H,25,26). The SMILES string of the molecule is COc1ccc(-n2nc(Nc3cccc(Cl)c3C)c3c2CC(C)(C)CC3=O)cc1. The van der Waals surface area contributed by atoms with Gasteiger partial charge in [0.2, 0.25) is 0 Å². The topological polar surface area (TPSA) is 56.1 Å². The highest BCUT2D eigenvalue weighted by Gasteiger charge is 2.37. The number of nitrogens with one attached hydrogen (secondary N) is 1. The van der Waals surface area contributed by atoms with E-state index in [2.05, 4.69) is 19.2 Å². The van der Waals surface area contributed by atoms with E-state index in [-0.39, 0.29) is 11.2 Å². The fourth-order valence-corrected chi connectivity index (χ4v) is 4.02. The molecule has 0 spiro atoms. The first-order valence-corrected chi connectivity index (χ1v) is 9.98. The monoisotopic (exact) mass is 409 g/mol. The van der Waals surface area contributed by atoms with Gasteiger partial charge in [0.15, 0.2) is 11.6 Å². The molecule has 150 valence electrons. The smallest absolute Gasteiger partial charge is 0.169 e. The number of benzene rings is 2. The third kappa shape index (κ3) is 3.62. The van der Waals surface area contributed by atoms with Crippen LogP contribution in [0, 0.1) is 12.3 Å². The minimum Gasteiger partial charge on any atom is -0.497 e. The second-order valence-corrected chi connectivity index (χ2v) is 8.67. The van der Waals surface area contributed by atoms with Gasteiger partial charge in [-0.3, -0.25) is 4.79 Å². The Morgan fingerprint density at radius 2 is 1.86 bits per heavy atom. The maximum Gasteiger partial charge on any atom is 0.169 e. The Labute approximate surface area is 175 Å². The van der Waals surface area contributed by atoms with Crippen LogP contribution in [0.5, 0.6) is 5.75 Å². The highest BCUT2D eigenvalue weighted by Crippen LogP contribution is 2.40. The molecule has 1 N–H and O–H groups in total. The first-order valence-electron chi connectivity index (χ1n) is 9.61. The van der Waals surface area contributed by atoms with E-state index in [9.17, 15) is 4.79 Å². The lowest BCUT2D eigenvalue weighted by Crippen LogP contribution is -2.28. The van der Waals surface area contributed by atoms with Crippen molar-refractivity contribution in [1.82, 2.24) is 9.78 Å². The highest BCUT2D eigenvalue weighted by molar-refractivity contribution is 6.31. The number of ether oxygens (including phenoxy) is 1. The second kappa shape index (κ2) is 7.23. The predicted octanol–water partition coefficient (Wildman–Crippen LogP) is 5.74. The van der Waals surface area contributed by atoms with Crippen LogP contribution in [0.15, 0.2) is 42.5 Å². The largest absolute Gasteiger partial charge is 0.497 e. The summed E-state index contributed by atoms with van der Waals surface area (Å²) in [6, 6.07) is 13.4. The van der Waals surface area contributed by atoms with Gasteiger partial charge in [-0.25, -0.2) is 4.68 Å². The Morgan fingerprint density at radius 1 is 1.14 bits per heavy atom. The van der Waals surface area contributed by atoms with Gasteiger partial charge in [0.05, 0.1) is 24.1 Å². The van der Waals surface area contributed by atoms with Gasteiger partial charge in [0.25, 0.3) is 0 Å². The Hall–Kier alpha value is -2.79. The molecule has 1 aliphatic carbocycles. The second-order valence-electron chi connectivity index (χ2n) is 8.26. The maximum atomic E-state index is 13.1. The number of hydrogen-bond acceptors (Lipinski definition) is 4. The number of carbonyl (C=O) groups excluding carboxylic acids is 1. The lowest BCUT2D eigenvalue weighted by Gasteiger charge is -2.29. The normalized spacial score (nSPS) is 15.1. The third-order valence-electron chi connectivity index (χ3n) is 5.38. The van der Waals surface area contributed by atoms with E-state index in [0.717, 1.165) is 34.8 Å². The van der Waals surface area contributed by atoms with Crippen LogP contribution in [0.25, 0.3) is 5.69 Å². The fourth-order valence-electron chi connectivity index (χ4n) is 3.84. The summed E-state index contributed by atoms with van der Waals surface area (Å²) in [6.45, 7) is 6.18. The molecule has 0 bridgehead atoms. The van der Waals surface area contributed by atoms with Gasteiger partial charge < -0.3 is 10.1 Å². The van der Waals surface area contributed by atoms with Gasteiger partial charge >= 0.3 is 0 Å². The van der Waals surface area contributed by atoms with E-state index in [1.165, 1.54) is 0 Å². The molecule has 5 nitrogen and oxygen atoms in total. The molecule has 0 fully saturated rings. The summed E-state index contributed by atoms with van der Waals surface area (Å²) in [5.74, 6) is 1.46. The van der Waals surface area contributed by atoms with Crippen molar-refractivity contribution >= 4 is 28.9 Å². The quantitative estimate of drug-likeness (QED) is 0.596. The Morgan fingerprint density at radius 3 is 2.55 bits per heavy atom. The molecule has 1 aromatic heterocycles. The summed E-state index contributed by atoms with van der Waals surface area (Å²) in [7, 11) is 1.64. The molecule has 6 heteroatoms. The first kappa shape index (κ1) is 19.5. The number of ketones is 1. The molecule has 1 heterocycles. The molecule has 0 radical (unpaired) electrons. The number of aromatic nitrogens is 2. The van der Waals surface area contributed by atoms with Gasteiger partial charge in [0, 0.05) is 17.1 Å². The summed E-state index contributed by atoms with van der Waals surface area (Å²) in [6.07, 6.45) is 1.26. The van der Waals surface area contributed by atoms with Gasteiger partial charge in [-0.2, -0.15) is 0 Å². The zero-order valence-corrected chi connectivity index (χ0v) is 17.8. The van der Waals surface area contributed by atoms with Gasteiger partial charge in [-0.15, -0.1) is 5.10 Å². The van der Waals surface area contributed by atoms with E-state index in [1.54, 1.807) is 7.11 Å². The van der Waals surface area contributed by atoms with Crippen LogP contribution in [0.3, 0.4) is 0 Å². The zero-order valence-electron chi connectivity index (χ0n) is 17.0. The number of anilines is 2. The van der Waals surface area contributed by atoms with Crippen LogP contribution < -0.4 is 10.1 Å². The molecule has 0 aliphatic heterocycles. The van der Waals surface area contributed by atoms with E-state index in [1.807, 2.05) is 54.1 Å². The lowest BCUT2D eigenvalue weighted by atomic mass is 9.76. The summed E-state index contributed by atoms with van der Waals surface area (Å²) in [4.78, 5) is 13.1. The van der Waals surface area contributed by atoms with E-state index in [4.69, 9.17) is 21.4 Å². The molecule has 0 saturated carbocycles. The number of carbonyl (C=O) groups is 1. The molecule has 0 amide bonds. The Balaban J connectivity index is 1.85. The van der Waals surface area contributed by atoms with Crippen molar-refractivity contribution in [3.8, 4) is 11.4 Å². The third-order valence-corrected chi connectivity index (χ3v) is 5.79.